The Balaban J connectivity index is 1.62. The average Bonchev–Trinajstić information content (AvgIpc) is 3.13. The second-order valence-corrected chi connectivity index (χ2v) is 5.76. The van der Waals surface area contributed by atoms with Gasteiger partial charge in [-0.25, -0.2) is 9.78 Å². The molecule has 3 heterocycles. The zero-order chi connectivity index (χ0) is 16.0. The summed E-state index contributed by atoms with van der Waals surface area (Å²) in [4.78, 5) is 46.4. The molecule has 0 bridgehead atoms. The number of hydrogen-bond donors (Lipinski definition) is 0. The highest BCUT2D eigenvalue weighted by atomic mass is 32.1. The van der Waals surface area contributed by atoms with Crippen molar-refractivity contribution in [3.8, 4) is 0 Å². The van der Waals surface area contributed by atoms with Crippen LogP contribution in [0, 0.1) is 0 Å². The lowest BCUT2D eigenvalue weighted by Gasteiger charge is -2.12. The van der Waals surface area contributed by atoms with Crippen LogP contribution in [0.5, 0.6) is 0 Å². The number of imide groups is 1. The third-order valence-corrected chi connectivity index (χ3v) is 4.31. The van der Waals surface area contributed by atoms with Crippen molar-refractivity contribution < 1.29 is 19.2 Å². The number of thiophene rings is 1. The van der Waals surface area contributed by atoms with Gasteiger partial charge >= 0.3 is 5.97 Å². The maximum absolute atomic E-state index is 12.2. The van der Waals surface area contributed by atoms with Crippen LogP contribution in [0.3, 0.4) is 0 Å². The summed E-state index contributed by atoms with van der Waals surface area (Å²) in [6.07, 6.45) is 1.36. The fourth-order valence-corrected chi connectivity index (χ4v) is 3.08. The van der Waals surface area contributed by atoms with Gasteiger partial charge in [0, 0.05) is 11.6 Å². The summed E-state index contributed by atoms with van der Waals surface area (Å²) in [6, 6.07) is 9.75. The number of fused-ring (bicyclic) bond motifs is 2. The van der Waals surface area contributed by atoms with Gasteiger partial charge in [-0.1, -0.05) is 17.2 Å². The summed E-state index contributed by atoms with van der Waals surface area (Å²) >= 11 is 1.45. The van der Waals surface area contributed by atoms with Gasteiger partial charge in [0.1, 0.15) is 4.83 Å². The topological polar surface area (TPSA) is 76.6 Å². The van der Waals surface area contributed by atoms with Crippen molar-refractivity contribution in [1.29, 1.82) is 0 Å². The number of nitrogens with zero attached hydrogens (tertiary/aromatic N) is 2. The SMILES string of the molecule is O=C(ON1C(=O)c2ccccc2C1=O)c1cnc2sccc2c1. The molecule has 0 aliphatic carbocycles. The molecule has 0 unspecified atom stereocenters. The molecule has 23 heavy (non-hydrogen) atoms. The summed E-state index contributed by atoms with van der Waals surface area (Å²) in [5, 5.41) is 3.15. The van der Waals surface area contributed by atoms with E-state index in [0.717, 1.165) is 10.2 Å². The van der Waals surface area contributed by atoms with Crippen LogP contribution in [0.25, 0.3) is 10.2 Å². The Morgan fingerprint density at radius 1 is 1.09 bits per heavy atom. The van der Waals surface area contributed by atoms with Crippen LogP contribution in [0.4, 0.5) is 0 Å². The van der Waals surface area contributed by atoms with Crippen molar-refractivity contribution in [2.75, 3.05) is 0 Å². The summed E-state index contributed by atoms with van der Waals surface area (Å²) in [5.74, 6) is -2.10. The minimum atomic E-state index is -0.805. The average molecular weight is 324 g/mol. The van der Waals surface area contributed by atoms with Crippen LogP contribution < -0.4 is 0 Å². The minimum absolute atomic E-state index is 0.174. The number of benzene rings is 1. The Kier molecular flexibility index (Phi) is 2.95. The van der Waals surface area contributed by atoms with Crippen LogP contribution in [0.2, 0.25) is 0 Å². The summed E-state index contributed by atoms with van der Waals surface area (Å²) in [6.45, 7) is 0. The Morgan fingerprint density at radius 3 is 2.48 bits per heavy atom. The number of rotatable bonds is 2. The second-order valence-electron chi connectivity index (χ2n) is 4.87. The van der Waals surface area contributed by atoms with Crippen molar-refractivity contribution in [3.63, 3.8) is 0 Å². The first kappa shape index (κ1) is 13.6. The molecule has 0 atom stereocenters. The molecular formula is C16H8N2O4S. The third kappa shape index (κ3) is 2.09. The fourth-order valence-electron chi connectivity index (χ4n) is 2.36. The summed E-state index contributed by atoms with van der Waals surface area (Å²) in [7, 11) is 0. The third-order valence-electron chi connectivity index (χ3n) is 3.47. The summed E-state index contributed by atoms with van der Waals surface area (Å²) in [5.41, 5.74) is 0.612. The number of hydrogen-bond acceptors (Lipinski definition) is 6. The molecule has 7 heteroatoms. The number of hydroxylamine groups is 2. The van der Waals surface area contributed by atoms with Gasteiger partial charge in [0.2, 0.25) is 0 Å². The van der Waals surface area contributed by atoms with E-state index >= 15 is 0 Å². The molecule has 0 spiro atoms. The molecule has 2 aromatic heterocycles. The maximum atomic E-state index is 12.2. The Labute approximate surface area is 133 Å². The smallest absolute Gasteiger partial charge is 0.324 e. The first-order chi connectivity index (χ1) is 11.1. The largest absolute Gasteiger partial charge is 0.365 e. The van der Waals surface area contributed by atoms with Gasteiger partial charge in [-0.2, -0.15) is 0 Å². The van der Waals surface area contributed by atoms with Crippen molar-refractivity contribution in [2.24, 2.45) is 0 Å². The first-order valence-corrected chi connectivity index (χ1v) is 7.56. The van der Waals surface area contributed by atoms with E-state index in [1.807, 2.05) is 11.4 Å². The molecule has 1 aliphatic rings. The molecule has 6 nitrogen and oxygen atoms in total. The minimum Gasteiger partial charge on any atom is -0.324 e. The molecule has 112 valence electrons. The van der Waals surface area contributed by atoms with Crippen LogP contribution in [0.1, 0.15) is 31.1 Å². The van der Waals surface area contributed by atoms with E-state index < -0.39 is 17.8 Å². The van der Waals surface area contributed by atoms with Crippen LogP contribution in [-0.2, 0) is 4.84 Å². The zero-order valence-corrected chi connectivity index (χ0v) is 12.4. The van der Waals surface area contributed by atoms with Gasteiger partial charge < -0.3 is 4.84 Å². The number of pyridine rings is 1. The molecule has 1 aromatic carbocycles. The predicted octanol–water partition coefficient (Wildman–Crippen LogP) is 2.66. The lowest BCUT2D eigenvalue weighted by Crippen LogP contribution is -2.32. The number of amides is 2. The van der Waals surface area contributed by atoms with Crippen molar-refractivity contribution in [2.45, 2.75) is 0 Å². The maximum Gasteiger partial charge on any atom is 0.365 e. The first-order valence-electron chi connectivity index (χ1n) is 6.68. The molecular weight excluding hydrogens is 316 g/mol. The normalized spacial score (nSPS) is 13.5. The monoisotopic (exact) mass is 324 g/mol. The molecule has 0 radical (unpaired) electrons. The van der Waals surface area contributed by atoms with E-state index in [9.17, 15) is 14.4 Å². The van der Waals surface area contributed by atoms with E-state index in [1.54, 1.807) is 18.2 Å². The highest BCUT2D eigenvalue weighted by Gasteiger charge is 2.38. The van der Waals surface area contributed by atoms with Crippen LogP contribution in [0.15, 0.2) is 48.0 Å². The highest BCUT2D eigenvalue weighted by molar-refractivity contribution is 7.16. The molecule has 0 N–H and O–H groups in total. The molecule has 2 amide bonds. The van der Waals surface area contributed by atoms with E-state index in [-0.39, 0.29) is 16.7 Å². The van der Waals surface area contributed by atoms with Gasteiger partial charge in [-0.15, -0.1) is 11.3 Å². The van der Waals surface area contributed by atoms with E-state index in [4.69, 9.17) is 4.84 Å². The standard InChI is InChI=1S/C16H8N2O4S/c19-14-11-3-1-2-4-12(11)15(20)18(14)22-16(21)10-7-9-5-6-23-13(9)17-8-10/h1-8H. The van der Waals surface area contributed by atoms with Crippen molar-refractivity contribution >= 4 is 39.3 Å². The van der Waals surface area contributed by atoms with E-state index in [1.165, 1.54) is 29.7 Å². The number of carbonyl (C=O) groups excluding carboxylic acids is 3. The summed E-state index contributed by atoms with van der Waals surface area (Å²) < 4.78 is 0. The lowest BCUT2D eigenvalue weighted by atomic mass is 10.1. The van der Waals surface area contributed by atoms with Crippen LogP contribution in [-0.4, -0.2) is 27.8 Å². The molecule has 1 aliphatic heterocycles. The second kappa shape index (κ2) is 4.99. The number of carbonyl (C=O) groups is 3. The number of aromatic nitrogens is 1. The Bertz CT molecular complexity index is 944. The quantitative estimate of drug-likeness (QED) is 0.677. The van der Waals surface area contributed by atoms with Gasteiger partial charge in [0.05, 0.1) is 16.7 Å². The van der Waals surface area contributed by atoms with Crippen molar-refractivity contribution in [1.82, 2.24) is 10.0 Å². The molecule has 0 fully saturated rings. The van der Waals surface area contributed by atoms with E-state index in [2.05, 4.69) is 4.98 Å². The van der Waals surface area contributed by atoms with Gasteiger partial charge in [0.25, 0.3) is 11.8 Å². The molecule has 4 rings (SSSR count). The predicted molar refractivity (Wildman–Crippen MR) is 82.0 cm³/mol. The zero-order valence-electron chi connectivity index (χ0n) is 11.6. The van der Waals surface area contributed by atoms with Crippen molar-refractivity contribution in [3.05, 3.63) is 64.7 Å². The highest BCUT2D eigenvalue weighted by Crippen LogP contribution is 2.24. The van der Waals surface area contributed by atoms with E-state index in [0.29, 0.717) is 5.06 Å². The molecule has 0 saturated heterocycles. The van der Waals surface area contributed by atoms with Gasteiger partial charge in [-0.3, -0.25) is 9.59 Å². The molecule has 0 saturated carbocycles. The van der Waals surface area contributed by atoms with Crippen LogP contribution >= 0.6 is 11.3 Å². The Morgan fingerprint density at radius 2 is 1.78 bits per heavy atom. The van der Waals surface area contributed by atoms with Gasteiger partial charge in [0.15, 0.2) is 0 Å². The Hall–Kier alpha value is -3.06. The van der Waals surface area contributed by atoms with Gasteiger partial charge in [-0.05, 0) is 29.6 Å². The fraction of sp³-hybridized carbons (Fsp3) is 0. The lowest BCUT2D eigenvalue weighted by molar-refractivity contribution is -0.0584. The molecule has 3 aromatic rings.